The van der Waals surface area contributed by atoms with E-state index in [0.29, 0.717) is 26.1 Å². The van der Waals surface area contributed by atoms with Crippen molar-refractivity contribution in [3.8, 4) is 0 Å². The van der Waals surface area contributed by atoms with Gasteiger partial charge in [-0.1, -0.05) is 12.8 Å². The fourth-order valence-electron chi connectivity index (χ4n) is 2.97. The van der Waals surface area contributed by atoms with Crippen LogP contribution in [0.1, 0.15) is 38.5 Å². The third kappa shape index (κ3) is 3.71. The highest BCUT2D eigenvalue weighted by atomic mass is 16.4. The highest BCUT2D eigenvalue weighted by Crippen LogP contribution is 2.24. The zero-order valence-electron chi connectivity index (χ0n) is 11.6. The average Bonchev–Trinajstić information content (AvgIpc) is 3.09. The molecule has 1 aliphatic carbocycles. The van der Waals surface area contributed by atoms with Crippen LogP contribution in [-0.4, -0.2) is 47.4 Å². The van der Waals surface area contributed by atoms with Crippen LogP contribution in [0.25, 0.3) is 0 Å². The molecule has 0 bridgehead atoms. The summed E-state index contributed by atoms with van der Waals surface area (Å²) in [5, 5.41) is 11.7. The molecule has 0 spiro atoms. The van der Waals surface area contributed by atoms with E-state index >= 15 is 0 Å². The maximum atomic E-state index is 11.9. The molecule has 2 N–H and O–H groups in total. The van der Waals surface area contributed by atoms with Crippen molar-refractivity contribution in [3.63, 3.8) is 0 Å². The molecule has 0 aromatic carbocycles. The second-order valence-corrected chi connectivity index (χ2v) is 5.69. The lowest BCUT2D eigenvalue weighted by Crippen LogP contribution is -2.35. The molecule has 1 unspecified atom stereocenters. The minimum absolute atomic E-state index is 0.0557. The Morgan fingerprint density at radius 2 is 1.80 bits per heavy atom. The lowest BCUT2D eigenvalue weighted by Gasteiger charge is -2.16. The van der Waals surface area contributed by atoms with Crippen molar-refractivity contribution in [2.75, 3.05) is 19.6 Å². The first kappa shape index (κ1) is 14.8. The van der Waals surface area contributed by atoms with Gasteiger partial charge in [0, 0.05) is 32.0 Å². The predicted molar refractivity (Wildman–Crippen MR) is 71.9 cm³/mol. The Hall–Kier alpha value is -1.59. The minimum Gasteiger partial charge on any atom is -0.481 e. The largest absolute Gasteiger partial charge is 0.481 e. The molecule has 20 heavy (non-hydrogen) atoms. The first-order valence-electron chi connectivity index (χ1n) is 7.36. The van der Waals surface area contributed by atoms with Crippen molar-refractivity contribution in [2.24, 2.45) is 11.8 Å². The number of likely N-dealkylation sites (tertiary alicyclic amines) is 1. The molecule has 0 radical (unpaired) electrons. The van der Waals surface area contributed by atoms with Crippen LogP contribution >= 0.6 is 0 Å². The summed E-state index contributed by atoms with van der Waals surface area (Å²) in [4.78, 5) is 36.1. The molecule has 112 valence electrons. The van der Waals surface area contributed by atoms with E-state index in [4.69, 9.17) is 5.11 Å². The van der Waals surface area contributed by atoms with Gasteiger partial charge in [-0.2, -0.15) is 0 Å². The van der Waals surface area contributed by atoms with Crippen molar-refractivity contribution < 1.29 is 19.5 Å². The minimum atomic E-state index is -0.838. The summed E-state index contributed by atoms with van der Waals surface area (Å²) in [6.07, 6.45) is 4.90. The van der Waals surface area contributed by atoms with Crippen molar-refractivity contribution in [2.45, 2.75) is 38.5 Å². The number of nitrogens with zero attached hydrogens (tertiary/aromatic N) is 1. The third-order valence-corrected chi connectivity index (χ3v) is 4.25. The van der Waals surface area contributed by atoms with Gasteiger partial charge in [0.1, 0.15) is 0 Å². The SMILES string of the molecule is O=C(O)C1CCN(C(=O)CCNC(=O)C2CCCC2)C1. The van der Waals surface area contributed by atoms with Gasteiger partial charge in [-0.3, -0.25) is 14.4 Å². The Morgan fingerprint density at radius 3 is 2.40 bits per heavy atom. The van der Waals surface area contributed by atoms with Crippen LogP contribution in [0.5, 0.6) is 0 Å². The summed E-state index contributed by atoms with van der Waals surface area (Å²) in [5.74, 6) is -1.17. The highest BCUT2D eigenvalue weighted by molar-refractivity contribution is 5.81. The highest BCUT2D eigenvalue weighted by Gasteiger charge is 2.30. The number of carbonyl (C=O) groups excluding carboxylic acids is 2. The second-order valence-electron chi connectivity index (χ2n) is 5.69. The van der Waals surface area contributed by atoms with Crippen molar-refractivity contribution in [1.82, 2.24) is 10.2 Å². The zero-order chi connectivity index (χ0) is 14.5. The number of carbonyl (C=O) groups is 3. The monoisotopic (exact) mass is 282 g/mol. The van der Waals surface area contributed by atoms with Gasteiger partial charge >= 0.3 is 5.97 Å². The molecule has 0 aromatic heterocycles. The van der Waals surface area contributed by atoms with Gasteiger partial charge in [0.15, 0.2) is 0 Å². The summed E-state index contributed by atoms with van der Waals surface area (Å²) < 4.78 is 0. The van der Waals surface area contributed by atoms with Crippen LogP contribution < -0.4 is 5.32 Å². The van der Waals surface area contributed by atoms with E-state index in [1.54, 1.807) is 4.90 Å². The summed E-state index contributed by atoms with van der Waals surface area (Å²) in [6.45, 7) is 1.15. The molecule has 2 amide bonds. The standard InChI is InChI=1S/C14H22N2O4/c17-12(16-8-6-11(9-16)14(19)20)5-7-15-13(18)10-3-1-2-4-10/h10-11H,1-9H2,(H,15,18)(H,19,20). The molecule has 2 fully saturated rings. The van der Waals surface area contributed by atoms with Gasteiger partial charge < -0.3 is 15.3 Å². The number of carboxylic acid groups (broad SMARTS) is 1. The van der Waals surface area contributed by atoms with E-state index < -0.39 is 11.9 Å². The van der Waals surface area contributed by atoms with E-state index in [1.165, 1.54) is 0 Å². The lowest BCUT2D eigenvalue weighted by molar-refractivity contribution is -0.141. The molecule has 2 rings (SSSR count). The molecule has 1 atom stereocenters. The van der Waals surface area contributed by atoms with Crippen molar-refractivity contribution >= 4 is 17.8 Å². The van der Waals surface area contributed by atoms with Crippen LogP contribution in [0.15, 0.2) is 0 Å². The Balaban J connectivity index is 1.65. The molecular formula is C14H22N2O4. The van der Waals surface area contributed by atoms with E-state index in [-0.39, 0.29) is 24.2 Å². The number of carboxylic acids is 1. The Bertz CT molecular complexity index is 391. The smallest absolute Gasteiger partial charge is 0.308 e. The van der Waals surface area contributed by atoms with E-state index in [2.05, 4.69) is 5.32 Å². The summed E-state index contributed by atoms with van der Waals surface area (Å²) in [7, 11) is 0. The third-order valence-electron chi connectivity index (χ3n) is 4.25. The zero-order valence-corrected chi connectivity index (χ0v) is 11.6. The summed E-state index contributed by atoms with van der Waals surface area (Å²) in [6, 6.07) is 0. The molecule has 1 aliphatic heterocycles. The number of hydrogen-bond donors (Lipinski definition) is 2. The quantitative estimate of drug-likeness (QED) is 0.773. The summed E-state index contributed by atoms with van der Waals surface area (Å²) in [5.41, 5.74) is 0. The fraction of sp³-hybridized carbons (Fsp3) is 0.786. The molecule has 1 heterocycles. The van der Waals surface area contributed by atoms with E-state index in [1.807, 2.05) is 0 Å². The first-order chi connectivity index (χ1) is 9.58. The number of rotatable bonds is 5. The van der Waals surface area contributed by atoms with Crippen molar-refractivity contribution in [3.05, 3.63) is 0 Å². The Labute approximate surface area is 118 Å². The maximum absolute atomic E-state index is 11.9. The molecule has 1 saturated carbocycles. The Kier molecular flexibility index (Phi) is 4.98. The first-order valence-corrected chi connectivity index (χ1v) is 7.36. The van der Waals surface area contributed by atoms with Gasteiger partial charge in [0.2, 0.25) is 11.8 Å². The van der Waals surface area contributed by atoms with Crippen molar-refractivity contribution in [1.29, 1.82) is 0 Å². The molecule has 1 saturated heterocycles. The van der Waals surface area contributed by atoms with E-state index in [0.717, 1.165) is 25.7 Å². The molecular weight excluding hydrogens is 260 g/mol. The lowest BCUT2D eigenvalue weighted by atomic mass is 10.1. The molecule has 0 aromatic rings. The molecule has 2 aliphatic rings. The topological polar surface area (TPSA) is 86.7 Å². The maximum Gasteiger partial charge on any atom is 0.308 e. The number of nitrogens with one attached hydrogen (secondary N) is 1. The van der Waals surface area contributed by atoms with Crippen LogP contribution in [0.4, 0.5) is 0 Å². The van der Waals surface area contributed by atoms with Gasteiger partial charge in [-0.05, 0) is 19.3 Å². The van der Waals surface area contributed by atoms with Crippen LogP contribution in [0.3, 0.4) is 0 Å². The number of aliphatic carboxylic acids is 1. The second kappa shape index (κ2) is 6.72. The van der Waals surface area contributed by atoms with Crippen LogP contribution in [0.2, 0.25) is 0 Å². The Morgan fingerprint density at radius 1 is 1.10 bits per heavy atom. The predicted octanol–water partition coefficient (Wildman–Crippen LogP) is 0.616. The number of amides is 2. The summed E-state index contributed by atoms with van der Waals surface area (Å²) >= 11 is 0. The van der Waals surface area contributed by atoms with E-state index in [9.17, 15) is 14.4 Å². The van der Waals surface area contributed by atoms with Crippen LogP contribution in [0, 0.1) is 11.8 Å². The average molecular weight is 282 g/mol. The van der Waals surface area contributed by atoms with Gasteiger partial charge in [-0.15, -0.1) is 0 Å². The molecule has 6 heteroatoms. The number of hydrogen-bond acceptors (Lipinski definition) is 3. The van der Waals surface area contributed by atoms with Gasteiger partial charge in [0.05, 0.1) is 5.92 Å². The normalized spacial score (nSPS) is 23.0. The molecule has 6 nitrogen and oxygen atoms in total. The van der Waals surface area contributed by atoms with Crippen LogP contribution in [-0.2, 0) is 14.4 Å². The van der Waals surface area contributed by atoms with Gasteiger partial charge in [-0.25, -0.2) is 0 Å². The fourth-order valence-corrected chi connectivity index (χ4v) is 2.97. The van der Waals surface area contributed by atoms with Gasteiger partial charge in [0.25, 0.3) is 0 Å².